The van der Waals surface area contributed by atoms with Gasteiger partial charge in [-0.15, -0.1) is 0 Å². The molecule has 0 bridgehead atoms. The van der Waals surface area contributed by atoms with Gasteiger partial charge in [0.15, 0.2) is 0 Å². The van der Waals surface area contributed by atoms with Crippen molar-refractivity contribution < 1.29 is 10.4 Å². The first-order valence-corrected chi connectivity index (χ1v) is 8.71. The lowest BCUT2D eigenvalue weighted by atomic mass is 9.99. The van der Waals surface area contributed by atoms with Crippen molar-refractivity contribution >= 4 is 11.4 Å². The molecule has 7 heteroatoms. The monoisotopic (exact) mass is 343 g/mol. The quantitative estimate of drug-likeness (QED) is 0.247. The number of hydrogen-bond acceptors (Lipinski definition) is 7. The molecule has 0 amide bonds. The minimum atomic E-state index is -0.318. The Labute approximate surface area is 147 Å². The molecule has 7 nitrogen and oxygen atoms in total. The zero-order chi connectivity index (χ0) is 18.8. The van der Waals surface area contributed by atoms with Crippen LogP contribution in [-0.2, 0) is 0 Å². The topological polar surface area (TPSA) is 92.5 Å². The van der Waals surface area contributed by atoms with Crippen molar-refractivity contribution in [3.63, 3.8) is 0 Å². The second-order valence-electron chi connectivity index (χ2n) is 7.32. The molecule has 0 saturated carbocycles. The molecule has 0 unspecified atom stereocenters. The molecule has 0 aromatic carbocycles. The smallest absolute Gasteiger partial charge is 0.0734 e. The molecule has 0 heterocycles. The molecule has 0 aromatic rings. The van der Waals surface area contributed by atoms with Gasteiger partial charge in [0.25, 0.3) is 0 Å². The van der Waals surface area contributed by atoms with E-state index in [0.29, 0.717) is 11.4 Å². The third-order valence-corrected chi connectivity index (χ3v) is 4.64. The van der Waals surface area contributed by atoms with Crippen molar-refractivity contribution in [3.05, 3.63) is 0 Å². The van der Waals surface area contributed by atoms with Crippen LogP contribution in [0.4, 0.5) is 0 Å². The second kappa shape index (κ2) is 10.6. The van der Waals surface area contributed by atoms with Crippen LogP contribution < -0.4 is 10.6 Å². The van der Waals surface area contributed by atoms with Crippen LogP contribution in [0.15, 0.2) is 10.3 Å². The molecule has 0 fully saturated rings. The van der Waals surface area contributed by atoms with Crippen LogP contribution in [0.5, 0.6) is 0 Å². The molecule has 0 radical (unpaired) electrons. The summed E-state index contributed by atoms with van der Waals surface area (Å²) in [5.41, 5.74) is 0.710. The van der Waals surface area contributed by atoms with Crippen LogP contribution >= 0.6 is 0 Å². The van der Waals surface area contributed by atoms with E-state index in [1.54, 1.807) is 0 Å². The summed E-state index contributed by atoms with van der Waals surface area (Å²) in [6.45, 7) is 18.3. The zero-order valence-corrected chi connectivity index (χ0v) is 16.5. The maximum atomic E-state index is 8.92. The van der Waals surface area contributed by atoms with Crippen molar-refractivity contribution in [2.45, 2.75) is 66.0 Å². The van der Waals surface area contributed by atoms with E-state index >= 15 is 0 Å². The fourth-order valence-electron chi connectivity index (χ4n) is 2.21. The standard InChI is InChI=1S/C17H37N5O2/c1-8-11-22(12-9-18-16(4,5)14(2)20-23)13-10-19-17(6,7)15(3)21-24/h18-19,23-24H,8-13H2,1-7H3/b20-14-,21-15-. The average Bonchev–Trinajstić information content (AvgIpc) is 2.52. The van der Waals surface area contributed by atoms with Gasteiger partial charge in [-0.3, -0.25) is 0 Å². The fraction of sp³-hybridized carbons (Fsp3) is 0.882. The molecule has 0 aliphatic heterocycles. The Bertz CT molecular complexity index is 383. The van der Waals surface area contributed by atoms with Crippen LogP contribution in [0, 0.1) is 0 Å². The Balaban J connectivity index is 4.37. The van der Waals surface area contributed by atoms with Gasteiger partial charge in [0.05, 0.1) is 22.5 Å². The molecule has 0 aliphatic rings. The van der Waals surface area contributed by atoms with E-state index < -0.39 is 0 Å². The van der Waals surface area contributed by atoms with Crippen molar-refractivity contribution in [1.29, 1.82) is 0 Å². The average molecular weight is 344 g/mol. The summed E-state index contributed by atoms with van der Waals surface area (Å²) in [6.07, 6.45) is 1.10. The van der Waals surface area contributed by atoms with Crippen LogP contribution in [-0.4, -0.2) is 70.5 Å². The summed E-state index contributed by atoms with van der Waals surface area (Å²) < 4.78 is 0. The van der Waals surface area contributed by atoms with Crippen LogP contribution in [0.1, 0.15) is 54.9 Å². The predicted molar refractivity (Wildman–Crippen MR) is 101 cm³/mol. The maximum absolute atomic E-state index is 8.92. The van der Waals surface area contributed by atoms with Gasteiger partial charge in [-0.25, -0.2) is 0 Å². The summed E-state index contributed by atoms with van der Waals surface area (Å²) in [5.74, 6) is 0. The highest BCUT2D eigenvalue weighted by Crippen LogP contribution is 2.06. The van der Waals surface area contributed by atoms with Crippen molar-refractivity contribution in [2.24, 2.45) is 10.3 Å². The van der Waals surface area contributed by atoms with E-state index in [1.165, 1.54) is 0 Å². The lowest BCUT2D eigenvalue weighted by Crippen LogP contribution is -2.50. The third-order valence-electron chi connectivity index (χ3n) is 4.64. The third kappa shape index (κ3) is 8.08. The van der Waals surface area contributed by atoms with E-state index in [9.17, 15) is 0 Å². The molecule has 4 N–H and O–H groups in total. The number of nitrogens with zero attached hydrogens (tertiary/aromatic N) is 3. The van der Waals surface area contributed by atoms with Gasteiger partial charge in [0, 0.05) is 26.2 Å². The summed E-state index contributed by atoms with van der Waals surface area (Å²) in [7, 11) is 0. The van der Waals surface area contributed by atoms with Gasteiger partial charge in [-0.05, 0) is 54.5 Å². The minimum absolute atomic E-state index is 0.318. The normalized spacial score (nSPS) is 14.5. The SMILES string of the molecule is CCCN(CCNC(C)(C)/C(C)=N\O)CCNC(C)(C)/C(C)=N\O. The molecule has 0 rings (SSSR count). The molecule has 0 aliphatic carbocycles. The molecular formula is C17H37N5O2. The Morgan fingerprint density at radius 1 is 0.833 bits per heavy atom. The van der Waals surface area contributed by atoms with Gasteiger partial charge in [-0.2, -0.15) is 0 Å². The first kappa shape index (κ1) is 22.8. The fourth-order valence-corrected chi connectivity index (χ4v) is 2.21. The Hall–Kier alpha value is -1.18. The van der Waals surface area contributed by atoms with Gasteiger partial charge in [-0.1, -0.05) is 17.2 Å². The van der Waals surface area contributed by atoms with Gasteiger partial charge >= 0.3 is 0 Å². The van der Waals surface area contributed by atoms with Crippen molar-refractivity contribution in [2.75, 3.05) is 32.7 Å². The van der Waals surface area contributed by atoms with E-state index in [4.69, 9.17) is 10.4 Å². The molecule has 24 heavy (non-hydrogen) atoms. The summed E-state index contributed by atoms with van der Waals surface area (Å²) >= 11 is 0. The Kier molecular flexibility index (Phi) is 10.1. The van der Waals surface area contributed by atoms with E-state index in [0.717, 1.165) is 39.1 Å². The lowest BCUT2D eigenvalue weighted by molar-refractivity contribution is 0.258. The molecule has 0 aromatic heterocycles. The van der Waals surface area contributed by atoms with Crippen molar-refractivity contribution in [1.82, 2.24) is 15.5 Å². The van der Waals surface area contributed by atoms with Gasteiger partial charge in [0.1, 0.15) is 0 Å². The highest BCUT2D eigenvalue weighted by atomic mass is 16.4. The maximum Gasteiger partial charge on any atom is 0.0734 e. The zero-order valence-electron chi connectivity index (χ0n) is 16.5. The summed E-state index contributed by atoms with van der Waals surface area (Å²) in [6, 6.07) is 0. The molecule has 142 valence electrons. The predicted octanol–water partition coefficient (Wildman–Crippen LogP) is 2.14. The van der Waals surface area contributed by atoms with Crippen molar-refractivity contribution in [3.8, 4) is 0 Å². The minimum Gasteiger partial charge on any atom is -0.411 e. The second-order valence-corrected chi connectivity index (χ2v) is 7.32. The number of nitrogens with one attached hydrogen (secondary N) is 2. The van der Waals surface area contributed by atoms with E-state index in [2.05, 4.69) is 32.8 Å². The van der Waals surface area contributed by atoms with E-state index in [1.807, 2.05) is 41.5 Å². The highest BCUT2D eigenvalue weighted by Gasteiger charge is 2.22. The number of hydrogen-bond donors (Lipinski definition) is 4. The highest BCUT2D eigenvalue weighted by molar-refractivity contribution is 5.90. The Morgan fingerprint density at radius 3 is 1.50 bits per heavy atom. The molecular weight excluding hydrogens is 306 g/mol. The largest absolute Gasteiger partial charge is 0.411 e. The first-order chi connectivity index (χ1) is 11.1. The van der Waals surface area contributed by atoms with Crippen LogP contribution in [0.3, 0.4) is 0 Å². The van der Waals surface area contributed by atoms with E-state index in [-0.39, 0.29) is 11.1 Å². The van der Waals surface area contributed by atoms with Crippen LogP contribution in [0.25, 0.3) is 0 Å². The summed E-state index contributed by atoms with van der Waals surface area (Å²) in [4.78, 5) is 2.39. The first-order valence-electron chi connectivity index (χ1n) is 8.71. The van der Waals surface area contributed by atoms with Gasteiger partial charge in [0.2, 0.25) is 0 Å². The van der Waals surface area contributed by atoms with Gasteiger partial charge < -0.3 is 25.9 Å². The van der Waals surface area contributed by atoms with Crippen LogP contribution in [0.2, 0.25) is 0 Å². The number of rotatable bonds is 12. The molecule has 0 spiro atoms. The lowest BCUT2D eigenvalue weighted by Gasteiger charge is -2.30. The number of oxime groups is 2. The molecule has 0 atom stereocenters. The molecule has 0 saturated heterocycles. The Morgan fingerprint density at radius 2 is 1.21 bits per heavy atom. The summed E-state index contributed by atoms with van der Waals surface area (Å²) in [5, 5.41) is 31.3.